The minimum Gasteiger partial charge on any atom is -0.489 e. The van der Waals surface area contributed by atoms with Crippen LogP contribution >= 0.6 is 11.6 Å². The van der Waals surface area contributed by atoms with Gasteiger partial charge in [0.25, 0.3) is 0 Å². The predicted octanol–water partition coefficient (Wildman–Crippen LogP) is 5.62. The number of halogens is 1. The Morgan fingerprint density at radius 3 is 2.39 bits per heavy atom. The summed E-state index contributed by atoms with van der Waals surface area (Å²) in [5.41, 5.74) is 1.16. The molecule has 4 rings (SSSR count). The summed E-state index contributed by atoms with van der Waals surface area (Å²) in [6, 6.07) is 15.0. The van der Waals surface area contributed by atoms with Gasteiger partial charge in [0, 0.05) is 56.8 Å². The lowest BCUT2D eigenvalue weighted by Gasteiger charge is -2.35. The van der Waals surface area contributed by atoms with E-state index in [4.69, 9.17) is 21.1 Å². The van der Waals surface area contributed by atoms with E-state index < -0.39 is 17.7 Å². The number of hydrogen-bond donors (Lipinski definition) is 2. The van der Waals surface area contributed by atoms with Gasteiger partial charge in [0.15, 0.2) is 0 Å². The molecular formula is C31H41ClN4O5. The Balaban J connectivity index is 1.27. The molecular weight excluding hydrogens is 544 g/mol. The summed E-state index contributed by atoms with van der Waals surface area (Å²) in [4.78, 5) is 42.0. The summed E-state index contributed by atoms with van der Waals surface area (Å²) < 4.78 is 11.4. The first-order valence-electron chi connectivity index (χ1n) is 14.4. The van der Waals surface area contributed by atoms with Crippen LogP contribution in [-0.2, 0) is 14.3 Å². The molecule has 0 spiro atoms. The van der Waals surface area contributed by atoms with Crippen molar-refractivity contribution in [1.82, 2.24) is 10.2 Å². The summed E-state index contributed by atoms with van der Waals surface area (Å²) in [6.07, 6.45) is 3.63. The van der Waals surface area contributed by atoms with Gasteiger partial charge in [-0.25, -0.2) is 4.79 Å². The van der Waals surface area contributed by atoms with Gasteiger partial charge in [0.1, 0.15) is 23.5 Å². The Morgan fingerprint density at radius 1 is 0.976 bits per heavy atom. The van der Waals surface area contributed by atoms with Gasteiger partial charge in [0.05, 0.1) is 5.02 Å². The molecule has 2 aromatic carbocycles. The van der Waals surface area contributed by atoms with E-state index in [9.17, 15) is 14.4 Å². The van der Waals surface area contributed by atoms with Gasteiger partial charge in [-0.05, 0) is 70.4 Å². The Bertz CT molecular complexity index is 1190. The molecule has 2 saturated heterocycles. The third-order valence-electron chi connectivity index (χ3n) is 7.19. The number of nitrogens with zero attached hydrogens (tertiary/aromatic N) is 2. The number of piperidine rings is 2. The number of ether oxygens (including phenoxy) is 2. The fraction of sp³-hybridized carbons (Fsp3) is 0.516. The monoisotopic (exact) mass is 584 g/mol. The van der Waals surface area contributed by atoms with Crippen LogP contribution in [0, 0.1) is 0 Å². The lowest BCUT2D eigenvalue weighted by Crippen LogP contribution is -2.50. The molecule has 1 unspecified atom stereocenters. The molecule has 2 aromatic rings. The number of hydrogen-bond acceptors (Lipinski definition) is 6. The normalized spacial score (nSPS) is 18.0. The van der Waals surface area contributed by atoms with Gasteiger partial charge in [-0.15, -0.1) is 0 Å². The summed E-state index contributed by atoms with van der Waals surface area (Å²) in [5.74, 6) is 0.159. The van der Waals surface area contributed by atoms with Crippen molar-refractivity contribution in [3.63, 3.8) is 0 Å². The Labute approximate surface area is 247 Å². The predicted molar refractivity (Wildman–Crippen MR) is 161 cm³/mol. The minimum atomic E-state index is -0.613. The molecule has 2 aliphatic heterocycles. The molecule has 0 saturated carbocycles. The van der Waals surface area contributed by atoms with Crippen LogP contribution < -0.4 is 20.3 Å². The second-order valence-electron chi connectivity index (χ2n) is 11.6. The first-order chi connectivity index (χ1) is 19.6. The van der Waals surface area contributed by atoms with E-state index in [0.717, 1.165) is 38.8 Å². The van der Waals surface area contributed by atoms with Gasteiger partial charge in [-0.1, -0.05) is 29.8 Å². The summed E-state index contributed by atoms with van der Waals surface area (Å²) in [7, 11) is 0. The van der Waals surface area contributed by atoms with Gasteiger partial charge < -0.3 is 29.9 Å². The number of carbonyl (C=O) groups is 3. The SMILES string of the molecule is CC(C)(C)OC(=O)NCCC(=O)N1CCCCC1C(=O)Nc1ccc(OC2CCN(c3ccccc3)CC2)c(Cl)c1. The van der Waals surface area contributed by atoms with Crippen LogP contribution in [0.2, 0.25) is 5.02 Å². The summed E-state index contributed by atoms with van der Waals surface area (Å²) in [6.45, 7) is 7.79. The average molecular weight is 585 g/mol. The van der Waals surface area contributed by atoms with E-state index in [-0.39, 0.29) is 30.9 Å². The fourth-order valence-electron chi connectivity index (χ4n) is 5.18. The highest BCUT2D eigenvalue weighted by atomic mass is 35.5. The molecule has 0 radical (unpaired) electrons. The van der Waals surface area contributed by atoms with Crippen LogP contribution in [0.1, 0.15) is 59.3 Å². The van der Waals surface area contributed by atoms with Crippen LogP contribution in [0.15, 0.2) is 48.5 Å². The highest BCUT2D eigenvalue weighted by Crippen LogP contribution is 2.31. The van der Waals surface area contributed by atoms with Crippen molar-refractivity contribution in [2.24, 2.45) is 0 Å². The number of amides is 3. The highest BCUT2D eigenvalue weighted by molar-refractivity contribution is 6.32. The molecule has 1 atom stereocenters. The number of benzene rings is 2. The van der Waals surface area contributed by atoms with Crippen molar-refractivity contribution in [3.8, 4) is 5.75 Å². The third-order valence-corrected chi connectivity index (χ3v) is 7.48. The van der Waals surface area contributed by atoms with Crippen LogP contribution in [0.3, 0.4) is 0 Å². The van der Waals surface area contributed by atoms with Gasteiger partial charge in [0.2, 0.25) is 11.8 Å². The van der Waals surface area contributed by atoms with Crippen LogP contribution in [0.25, 0.3) is 0 Å². The molecule has 2 fully saturated rings. The average Bonchev–Trinajstić information content (AvgIpc) is 2.94. The summed E-state index contributed by atoms with van der Waals surface area (Å²) >= 11 is 6.55. The third kappa shape index (κ3) is 9.01. The number of likely N-dealkylation sites (tertiary alicyclic amines) is 1. The molecule has 0 aliphatic carbocycles. The zero-order valence-electron chi connectivity index (χ0n) is 24.2. The lowest BCUT2D eigenvalue weighted by atomic mass is 10.0. The molecule has 0 aromatic heterocycles. The van der Waals surface area contributed by atoms with Crippen molar-refractivity contribution < 1.29 is 23.9 Å². The number of alkyl carbamates (subject to hydrolysis) is 1. The fourth-order valence-corrected chi connectivity index (χ4v) is 5.41. The smallest absolute Gasteiger partial charge is 0.407 e. The minimum absolute atomic E-state index is 0.0690. The molecule has 222 valence electrons. The number of rotatable bonds is 8. The highest BCUT2D eigenvalue weighted by Gasteiger charge is 2.32. The molecule has 2 N–H and O–H groups in total. The van der Waals surface area contributed by atoms with Gasteiger partial charge >= 0.3 is 6.09 Å². The Kier molecular flexibility index (Phi) is 10.4. The van der Waals surface area contributed by atoms with Crippen molar-refractivity contribution in [2.75, 3.05) is 36.4 Å². The maximum absolute atomic E-state index is 13.2. The second kappa shape index (κ2) is 13.9. The zero-order valence-corrected chi connectivity index (χ0v) is 24.9. The maximum Gasteiger partial charge on any atom is 0.407 e. The topological polar surface area (TPSA) is 100 Å². The van der Waals surface area contributed by atoms with E-state index in [1.807, 2.05) is 18.2 Å². The van der Waals surface area contributed by atoms with Crippen molar-refractivity contribution in [1.29, 1.82) is 0 Å². The van der Waals surface area contributed by atoms with E-state index in [1.54, 1.807) is 43.9 Å². The molecule has 9 nitrogen and oxygen atoms in total. The first-order valence-corrected chi connectivity index (χ1v) is 14.8. The number of anilines is 2. The maximum atomic E-state index is 13.2. The van der Waals surface area contributed by atoms with E-state index in [0.29, 0.717) is 29.4 Å². The van der Waals surface area contributed by atoms with Crippen molar-refractivity contribution in [2.45, 2.75) is 77.0 Å². The zero-order chi connectivity index (χ0) is 29.4. The number of carbonyl (C=O) groups excluding carboxylic acids is 3. The van der Waals surface area contributed by atoms with Gasteiger partial charge in [-0.3, -0.25) is 9.59 Å². The number of nitrogens with one attached hydrogen (secondary N) is 2. The standard InChI is InChI=1S/C31H41ClN4O5/c1-31(2,3)41-30(39)33-17-14-28(37)36-18-8-7-11-26(36)29(38)34-22-12-13-27(25(32)21-22)40-24-15-19-35(20-16-24)23-9-5-4-6-10-23/h4-6,9-10,12-13,21,24,26H,7-8,11,14-20H2,1-3H3,(H,33,39)(H,34,38). The molecule has 41 heavy (non-hydrogen) atoms. The van der Waals surface area contributed by atoms with Crippen molar-refractivity contribution in [3.05, 3.63) is 53.6 Å². The largest absolute Gasteiger partial charge is 0.489 e. The van der Waals surface area contributed by atoms with E-state index >= 15 is 0 Å². The lowest BCUT2D eigenvalue weighted by molar-refractivity contribution is -0.140. The quantitative estimate of drug-likeness (QED) is 0.418. The van der Waals surface area contributed by atoms with E-state index in [2.05, 4.69) is 27.7 Å². The van der Waals surface area contributed by atoms with Crippen molar-refractivity contribution >= 4 is 40.9 Å². The Hall–Kier alpha value is -3.46. The van der Waals surface area contributed by atoms with Crippen LogP contribution in [-0.4, -0.2) is 66.7 Å². The Morgan fingerprint density at radius 2 is 1.71 bits per heavy atom. The molecule has 0 bridgehead atoms. The summed E-state index contributed by atoms with van der Waals surface area (Å²) in [5, 5.41) is 5.96. The number of para-hydroxylation sites is 1. The molecule has 3 amide bonds. The van der Waals surface area contributed by atoms with Crippen LogP contribution in [0.4, 0.5) is 16.2 Å². The second-order valence-corrected chi connectivity index (χ2v) is 12.0. The molecule has 2 aliphatic rings. The van der Waals surface area contributed by atoms with Crippen LogP contribution in [0.5, 0.6) is 5.75 Å². The molecule has 10 heteroatoms. The van der Waals surface area contributed by atoms with Gasteiger partial charge in [-0.2, -0.15) is 0 Å². The molecule has 2 heterocycles. The van der Waals surface area contributed by atoms with E-state index in [1.165, 1.54) is 5.69 Å². The first kappa shape index (κ1) is 30.5.